The topological polar surface area (TPSA) is 53.4 Å². The molecule has 1 fully saturated rings. The number of carbonyl (C=O) groups is 1. The summed E-state index contributed by atoms with van der Waals surface area (Å²) in [5, 5.41) is 9.22. The molecule has 2 rings (SSSR count). The summed E-state index contributed by atoms with van der Waals surface area (Å²) in [7, 11) is 0. The summed E-state index contributed by atoms with van der Waals surface area (Å²) in [6.07, 6.45) is 1.80. The zero-order valence-corrected chi connectivity index (χ0v) is 12.2. The molecule has 1 aliphatic rings. The van der Waals surface area contributed by atoms with Gasteiger partial charge >= 0.3 is 5.97 Å². The Labute approximate surface area is 118 Å². The first-order valence-electron chi connectivity index (χ1n) is 6.70. The van der Waals surface area contributed by atoms with Crippen molar-refractivity contribution < 1.29 is 9.90 Å². The van der Waals surface area contributed by atoms with Crippen molar-refractivity contribution in [3.05, 3.63) is 23.4 Å². The summed E-state index contributed by atoms with van der Waals surface area (Å²) in [6, 6.07) is 3.80. The minimum absolute atomic E-state index is 0.346. The van der Waals surface area contributed by atoms with Gasteiger partial charge in [-0.2, -0.15) is 11.8 Å². The van der Waals surface area contributed by atoms with Crippen molar-refractivity contribution in [2.24, 2.45) is 0 Å². The second-order valence-corrected chi connectivity index (χ2v) is 6.03. The zero-order valence-electron chi connectivity index (χ0n) is 11.4. The summed E-state index contributed by atoms with van der Waals surface area (Å²) < 4.78 is 0. The fourth-order valence-electron chi connectivity index (χ4n) is 2.29. The number of hydrogen-bond acceptors (Lipinski definition) is 4. The molecule has 2 heterocycles. The predicted octanol–water partition coefficient (Wildman–Crippen LogP) is 2.67. The van der Waals surface area contributed by atoms with E-state index in [1.807, 2.05) is 11.8 Å². The fraction of sp³-hybridized carbons (Fsp3) is 0.571. The Kier molecular flexibility index (Phi) is 4.69. The van der Waals surface area contributed by atoms with Crippen LogP contribution in [0.5, 0.6) is 0 Å². The van der Waals surface area contributed by atoms with Gasteiger partial charge in [0.25, 0.3) is 0 Å². The fourth-order valence-corrected chi connectivity index (χ4v) is 3.31. The number of pyridine rings is 1. The molecule has 1 aromatic rings. The third-order valence-corrected chi connectivity index (χ3v) is 4.47. The van der Waals surface area contributed by atoms with Gasteiger partial charge in [-0.05, 0) is 25.5 Å². The number of carboxylic acid groups (broad SMARTS) is 1. The van der Waals surface area contributed by atoms with Crippen molar-refractivity contribution in [2.45, 2.75) is 32.7 Å². The Morgan fingerprint density at radius 2 is 2.37 bits per heavy atom. The molecule has 0 saturated carbocycles. The first-order chi connectivity index (χ1) is 9.11. The molecule has 1 unspecified atom stereocenters. The van der Waals surface area contributed by atoms with Gasteiger partial charge < -0.3 is 10.0 Å². The third-order valence-electron chi connectivity index (χ3n) is 3.28. The molecule has 0 bridgehead atoms. The van der Waals surface area contributed by atoms with Gasteiger partial charge in [-0.3, -0.25) is 0 Å². The lowest BCUT2D eigenvalue weighted by Crippen LogP contribution is -2.41. The van der Waals surface area contributed by atoms with Crippen LogP contribution < -0.4 is 4.90 Å². The number of hydrogen-bond donors (Lipinski definition) is 1. The van der Waals surface area contributed by atoms with Gasteiger partial charge in [0, 0.05) is 29.8 Å². The van der Waals surface area contributed by atoms with E-state index in [1.54, 1.807) is 12.1 Å². The molecule has 1 aromatic heterocycles. The van der Waals surface area contributed by atoms with Gasteiger partial charge in [-0.25, -0.2) is 9.78 Å². The molecule has 19 heavy (non-hydrogen) atoms. The van der Waals surface area contributed by atoms with E-state index in [0.717, 1.165) is 42.4 Å². The van der Waals surface area contributed by atoms with Crippen LogP contribution in [-0.4, -0.2) is 40.2 Å². The largest absolute Gasteiger partial charge is 0.478 e. The van der Waals surface area contributed by atoms with E-state index in [9.17, 15) is 9.90 Å². The molecular weight excluding hydrogens is 260 g/mol. The molecule has 0 spiro atoms. The Morgan fingerprint density at radius 1 is 1.58 bits per heavy atom. The number of anilines is 1. The molecule has 1 aliphatic heterocycles. The average molecular weight is 280 g/mol. The van der Waals surface area contributed by atoms with Crippen LogP contribution in [0.4, 0.5) is 5.82 Å². The Hall–Kier alpha value is -1.23. The zero-order chi connectivity index (χ0) is 13.8. The highest BCUT2D eigenvalue weighted by Gasteiger charge is 2.21. The number of nitrogens with zero attached hydrogens (tertiary/aromatic N) is 2. The van der Waals surface area contributed by atoms with E-state index < -0.39 is 5.97 Å². The normalized spacial score (nSPS) is 19.5. The van der Waals surface area contributed by atoms with Crippen LogP contribution in [0.1, 0.15) is 36.3 Å². The van der Waals surface area contributed by atoms with Gasteiger partial charge in [0.05, 0.1) is 5.56 Å². The van der Waals surface area contributed by atoms with Crippen LogP contribution in [0.3, 0.4) is 0 Å². The van der Waals surface area contributed by atoms with Crippen LogP contribution >= 0.6 is 11.8 Å². The second-order valence-electron chi connectivity index (χ2n) is 4.88. The highest BCUT2D eigenvalue weighted by atomic mass is 32.2. The molecule has 4 nitrogen and oxygen atoms in total. The summed E-state index contributed by atoms with van der Waals surface area (Å²) in [4.78, 5) is 18.1. The average Bonchev–Trinajstić information content (AvgIpc) is 2.39. The van der Waals surface area contributed by atoms with Crippen LogP contribution in [0.15, 0.2) is 12.1 Å². The Bertz CT molecular complexity index is 465. The third kappa shape index (κ3) is 3.41. The first kappa shape index (κ1) is 14.2. The van der Waals surface area contributed by atoms with Crippen LogP contribution in [0, 0.1) is 0 Å². The lowest BCUT2D eigenvalue weighted by atomic mass is 10.1. The highest BCUT2D eigenvalue weighted by Crippen LogP contribution is 2.24. The van der Waals surface area contributed by atoms with Crippen LogP contribution in [-0.2, 0) is 6.42 Å². The molecular formula is C14H20N2O2S. The molecule has 5 heteroatoms. The summed E-state index contributed by atoms with van der Waals surface area (Å²) >= 11 is 1.94. The van der Waals surface area contributed by atoms with Gasteiger partial charge in [-0.1, -0.05) is 13.3 Å². The molecule has 1 saturated heterocycles. The number of thioether (sulfide) groups is 1. The van der Waals surface area contributed by atoms with Crippen molar-refractivity contribution in [1.29, 1.82) is 0 Å². The van der Waals surface area contributed by atoms with Gasteiger partial charge in [0.2, 0.25) is 0 Å². The maximum absolute atomic E-state index is 11.2. The number of aryl methyl sites for hydroxylation is 1. The Balaban J connectivity index is 2.34. The molecule has 1 N–H and O–H groups in total. The van der Waals surface area contributed by atoms with Crippen LogP contribution in [0.25, 0.3) is 0 Å². The quantitative estimate of drug-likeness (QED) is 0.919. The maximum atomic E-state index is 11.2. The smallest absolute Gasteiger partial charge is 0.335 e. The van der Waals surface area contributed by atoms with Crippen molar-refractivity contribution in [1.82, 2.24) is 4.98 Å². The molecule has 0 aliphatic carbocycles. The molecule has 0 radical (unpaired) electrons. The van der Waals surface area contributed by atoms with E-state index in [1.165, 1.54) is 0 Å². The number of carboxylic acids is 1. The van der Waals surface area contributed by atoms with E-state index in [2.05, 4.69) is 23.7 Å². The molecule has 0 aromatic carbocycles. The standard InChI is InChI=1S/C14H20N2O2S/c1-3-4-12-7-11(14(17)18)8-13(15-12)16-5-6-19-9-10(16)2/h7-8,10H,3-6,9H2,1-2H3,(H,17,18). The summed E-state index contributed by atoms with van der Waals surface area (Å²) in [6.45, 7) is 5.18. The van der Waals surface area contributed by atoms with Crippen LogP contribution in [0.2, 0.25) is 0 Å². The highest BCUT2D eigenvalue weighted by molar-refractivity contribution is 7.99. The minimum atomic E-state index is -0.875. The molecule has 0 amide bonds. The molecule has 104 valence electrons. The number of aromatic nitrogens is 1. The second kappa shape index (κ2) is 6.28. The van der Waals surface area contributed by atoms with Crippen molar-refractivity contribution >= 4 is 23.5 Å². The minimum Gasteiger partial charge on any atom is -0.478 e. The number of rotatable bonds is 4. The lowest BCUT2D eigenvalue weighted by molar-refractivity contribution is 0.0696. The lowest BCUT2D eigenvalue weighted by Gasteiger charge is -2.34. The molecule has 1 atom stereocenters. The Morgan fingerprint density at radius 3 is 3.00 bits per heavy atom. The predicted molar refractivity (Wildman–Crippen MR) is 79.3 cm³/mol. The SMILES string of the molecule is CCCc1cc(C(=O)O)cc(N2CCSCC2C)n1. The van der Waals surface area contributed by atoms with Gasteiger partial charge in [0.1, 0.15) is 5.82 Å². The van der Waals surface area contributed by atoms with Gasteiger partial charge in [-0.15, -0.1) is 0 Å². The van der Waals surface area contributed by atoms with Crippen molar-refractivity contribution in [3.8, 4) is 0 Å². The number of aromatic carboxylic acids is 1. The van der Waals surface area contributed by atoms with E-state index in [-0.39, 0.29) is 0 Å². The summed E-state index contributed by atoms with van der Waals surface area (Å²) in [5.41, 5.74) is 1.22. The maximum Gasteiger partial charge on any atom is 0.335 e. The monoisotopic (exact) mass is 280 g/mol. The van der Waals surface area contributed by atoms with Crippen molar-refractivity contribution in [3.63, 3.8) is 0 Å². The van der Waals surface area contributed by atoms with Crippen molar-refractivity contribution in [2.75, 3.05) is 23.0 Å². The van der Waals surface area contributed by atoms with E-state index in [0.29, 0.717) is 11.6 Å². The van der Waals surface area contributed by atoms with E-state index in [4.69, 9.17) is 0 Å². The van der Waals surface area contributed by atoms with E-state index >= 15 is 0 Å². The first-order valence-corrected chi connectivity index (χ1v) is 7.86. The van der Waals surface area contributed by atoms with Gasteiger partial charge in [0.15, 0.2) is 0 Å². The summed E-state index contributed by atoms with van der Waals surface area (Å²) in [5.74, 6) is 2.09.